The molecule has 2 aromatic rings. The zero-order valence-corrected chi connectivity index (χ0v) is 29.4. The second kappa shape index (κ2) is 14.1. The topological polar surface area (TPSA) is 120 Å². The Morgan fingerprint density at radius 1 is 0.938 bits per heavy atom. The highest BCUT2D eigenvalue weighted by atomic mass is 32.2. The standard InChI is InChI=1S/C35H51N7O5S/c1-24-35(43)39(2)31-12-13-33(37-34(31)42(24)28-14-20-47-21-15-28)36-30-11-10-29(22-32(30)46-3)48(44,45)38-26-6-8-27(9-7-26)41-18-16-40(17-19-41)23-25-4-5-25/h10-13,22,24-28,38H,4-9,14-21,23H2,1-3H3,(H,36,37)/t24-,26-,27-/m1/s1. The number of likely N-dealkylation sites (N-methyl/N-ethyl adjacent to an activating group) is 1. The van der Waals surface area contributed by atoms with Crippen LogP contribution in [0.25, 0.3) is 0 Å². The molecule has 1 amide bonds. The monoisotopic (exact) mass is 681 g/mol. The number of benzene rings is 1. The first-order valence-corrected chi connectivity index (χ1v) is 19.3. The number of methoxy groups -OCH3 is 1. The van der Waals surface area contributed by atoms with Crippen LogP contribution >= 0.6 is 0 Å². The molecule has 2 N–H and O–H groups in total. The number of hydrogen-bond donors (Lipinski definition) is 2. The van der Waals surface area contributed by atoms with Gasteiger partial charge in [0.05, 0.1) is 23.4 Å². The van der Waals surface area contributed by atoms with Crippen LogP contribution in [0.5, 0.6) is 5.75 Å². The van der Waals surface area contributed by atoms with Crippen molar-refractivity contribution >= 4 is 38.9 Å². The summed E-state index contributed by atoms with van der Waals surface area (Å²) in [5.74, 6) is 2.70. The Morgan fingerprint density at radius 2 is 1.67 bits per heavy atom. The van der Waals surface area contributed by atoms with Gasteiger partial charge in [-0.25, -0.2) is 18.1 Å². The van der Waals surface area contributed by atoms with E-state index in [1.807, 2.05) is 19.1 Å². The fourth-order valence-electron chi connectivity index (χ4n) is 8.02. The van der Waals surface area contributed by atoms with Crippen molar-refractivity contribution in [3.8, 4) is 5.75 Å². The third-order valence-electron chi connectivity index (χ3n) is 11.1. The van der Waals surface area contributed by atoms with Crippen LogP contribution in [0.4, 0.5) is 23.0 Å². The molecule has 1 atom stereocenters. The van der Waals surface area contributed by atoms with Crippen LogP contribution < -0.4 is 24.6 Å². The van der Waals surface area contributed by atoms with Crippen molar-refractivity contribution in [2.45, 2.75) is 87.4 Å². The number of rotatable bonds is 10. The van der Waals surface area contributed by atoms with Crippen molar-refractivity contribution in [1.82, 2.24) is 19.5 Å². The molecule has 0 unspecified atom stereocenters. The summed E-state index contributed by atoms with van der Waals surface area (Å²) in [4.78, 5) is 27.3. The van der Waals surface area contributed by atoms with Crippen LogP contribution in [-0.2, 0) is 19.6 Å². The molecular weight excluding hydrogens is 630 g/mol. The Labute approximate surface area is 285 Å². The molecule has 4 fully saturated rings. The molecule has 0 radical (unpaired) electrons. The summed E-state index contributed by atoms with van der Waals surface area (Å²) >= 11 is 0. The van der Waals surface area contributed by atoms with Crippen LogP contribution in [0.1, 0.15) is 58.3 Å². The number of pyridine rings is 1. The third-order valence-corrected chi connectivity index (χ3v) is 12.6. The average Bonchev–Trinajstić information content (AvgIpc) is 3.92. The molecule has 13 heteroatoms. The van der Waals surface area contributed by atoms with Gasteiger partial charge in [0, 0.05) is 77.2 Å². The lowest BCUT2D eigenvalue weighted by Crippen LogP contribution is -2.56. The second-order valence-electron chi connectivity index (χ2n) is 14.3. The van der Waals surface area contributed by atoms with Gasteiger partial charge >= 0.3 is 0 Å². The van der Waals surface area contributed by atoms with Gasteiger partial charge in [-0.3, -0.25) is 9.69 Å². The number of sulfonamides is 1. The average molecular weight is 682 g/mol. The van der Waals surface area contributed by atoms with Crippen LogP contribution in [0.2, 0.25) is 0 Å². The number of ether oxygens (including phenoxy) is 2. The largest absolute Gasteiger partial charge is 0.495 e. The zero-order valence-electron chi connectivity index (χ0n) is 28.6. The molecule has 1 aromatic heterocycles. The van der Waals surface area contributed by atoms with Gasteiger partial charge in [0.1, 0.15) is 17.6 Å². The number of carbonyl (C=O) groups excluding carboxylic acids is 1. The van der Waals surface area contributed by atoms with Gasteiger partial charge in [-0.2, -0.15) is 0 Å². The molecule has 1 aromatic carbocycles. The summed E-state index contributed by atoms with van der Waals surface area (Å²) < 4.78 is 41.3. The zero-order chi connectivity index (χ0) is 33.4. The van der Waals surface area contributed by atoms with Gasteiger partial charge in [0.2, 0.25) is 15.9 Å². The maximum atomic E-state index is 13.5. The van der Waals surface area contributed by atoms with E-state index < -0.39 is 10.0 Å². The molecule has 5 aliphatic rings. The number of carbonyl (C=O) groups is 1. The van der Waals surface area contributed by atoms with Gasteiger partial charge in [0.25, 0.3) is 0 Å². The number of nitrogens with one attached hydrogen (secondary N) is 2. The molecule has 7 rings (SSSR count). The fraction of sp³-hybridized carbons (Fsp3) is 0.657. The molecule has 12 nitrogen and oxygen atoms in total. The molecule has 48 heavy (non-hydrogen) atoms. The van der Waals surface area contributed by atoms with Crippen LogP contribution in [0.3, 0.4) is 0 Å². The van der Waals surface area contributed by atoms with E-state index in [4.69, 9.17) is 14.5 Å². The predicted octanol–water partition coefficient (Wildman–Crippen LogP) is 3.80. The molecule has 2 saturated carbocycles. The van der Waals surface area contributed by atoms with E-state index in [2.05, 4.69) is 24.7 Å². The first kappa shape index (κ1) is 33.5. The smallest absolute Gasteiger partial charge is 0.249 e. The summed E-state index contributed by atoms with van der Waals surface area (Å²) in [6.07, 6.45) is 8.19. The summed E-state index contributed by atoms with van der Waals surface area (Å²) in [6.45, 7) is 9.08. The van der Waals surface area contributed by atoms with Crippen molar-refractivity contribution in [3.05, 3.63) is 30.3 Å². The van der Waals surface area contributed by atoms with E-state index in [0.717, 1.165) is 82.1 Å². The predicted molar refractivity (Wildman–Crippen MR) is 187 cm³/mol. The Morgan fingerprint density at radius 3 is 2.35 bits per heavy atom. The maximum absolute atomic E-state index is 13.5. The molecule has 0 bridgehead atoms. The highest BCUT2D eigenvalue weighted by Crippen LogP contribution is 2.39. The van der Waals surface area contributed by atoms with Crippen molar-refractivity contribution in [1.29, 1.82) is 0 Å². The van der Waals surface area contributed by atoms with Gasteiger partial charge in [-0.1, -0.05) is 0 Å². The van der Waals surface area contributed by atoms with E-state index in [9.17, 15) is 13.2 Å². The lowest BCUT2D eigenvalue weighted by atomic mass is 9.90. The summed E-state index contributed by atoms with van der Waals surface area (Å²) in [7, 11) is -0.415. The van der Waals surface area contributed by atoms with Crippen molar-refractivity contribution in [2.24, 2.45) is 5.92 Å². The van der Waals surface area contributed by atoms with Crippen LogP contribution in [0, 0.1) is 5.92 Å². The Hall–Kier alpha value is -2.97. The molecule has 3 aliphatic heterocycles. The molecular formula is C35H51N7O5S. The number of anilines is 4. The third kappa shape index (κ3) is 7.16. The minimum absolute atomic E-state index is 0.0362. The highest BCUT2D eigenvalue weighted by molar-refractivity contribution is 7.89. The van der Waals surface area contributed by atoms with Crippen molar-refractivity contribution < 1.29 is 22.7 Å². The number of fused-ring (bicyclic) bond motifs is 1. The summed E-state index contributed by atoms with van der Waals surface area (Å²) in [6, 6.07) is 8.92. The first-order chi connectivity index (χ1) is 23.2. The van der Waals surface area contributed by atoms with Crippen molar-refractivity contribution in [3.63, 3.8) is 0 Å². The van der Waals surface area contributed by atoms with Crippen molar-refractivity contribution in [2.75, 3.05) is 75.2 Å². The van der Waals surface area contributed by atoms with Gasteiger partial charge in [-0.15, -0.1) is 0 Å². The number of aromatic nitrogens is 1. The Bertz CT molecular complexity index is 1560. The van der Waals surface area contributed by atoms with Gasteiger partial charge < -0.3 is 29.5 Å². The second-order valence-corrected chi connectivity index (χ2v) is 16.0. The summed E-state index contributed by atoms with van der Waals surface area (Å²) in [5.41, 5.74) is 1.36. The highest BCUT2D eigenvalue weighted by Gasteiger charge is 2.39. The number of amides is 1. The van der Waals surface area contributed by atoms with E-state index in [1.54, 1.807) is 30.1 Å². The molecule has 2 saturated heterocycles. The van der Waals surface area contributed by atoms with Gasteiger partial charge in [-0.05, 0) is 88.5 Å². The van der Waals surface area contributed by atoms with Crippen LogP contribution in [0.15, 0.2) is 35.2 Å². The molecule has 4 heterocycles. The molecule has 262 valence electrons. The number of nitrogens with zero attached hydrogens (tertiary/aromatic N) is 5. The number of piperazine rings is 1. The minimum atomic E-state index is -3.73. The normalized spacial score (nSPS) is 26.4. The Kier molecular flexibility index (Phi) is 9.85. The quantitative estimate of drug-likeness (QED) is 0.384. The van der Waals surface area contributed by atoms with E-state index in [0.29, 0.717) is 36.5 Å². The molecule has 0 spiro atoms. The SMILES string of the molecule is COc1cc(S(=O)(=O)N[C@H]2CC[C@H](N3CCN(CC4CC4)CC3)CC2)ccc1Nc1ccc2c(n1)N(C1CCOCC1)[C@H](C)C(=O)N2C. The van der Waals surface area contributed by atoms with E-state index >= 15 is 0 Å². The number of hydrogen-bond acceptors (Lipinski definition) is 10. The first-order valence-electron chi connectivity index (χ1n) is 17.8. The maximum Gasteiger partial charge on any atom is 0.249 e. The molecule has 2 aliphatic carbocycles. The Balaban J connectivity index is 0.993. The summed E-state index contributed by atoms with van der Waals surface area (Å²) in [5, 5.41) is 3.34. The van der Waals surface area contributed by atoms with E-state index in [-0.39, 0.29) is 28.9 Å². The van der Waals surface area contributed by atoms with Crippen LogP contribution in [-0.4, -0.2) is 113 Å². The lowest BCUT2D eigenvalue weighted by Gasteiger charge is -2.44. The van der Waals surface area contributed by atoms with Gasteiger partial charge in [0.15, 0.2) is 5.82 Å². The minimum Gasteiger partial charge on any atom is -0.495 e. The van der Waals surface area contributed by atoms with E-state index in [1.165, 1.54) is 26.5 Å². The lowest BCUT2D eigenvalue weighted by molar-refractivity contribution is -0.119. The fourth-order valence-corrected chi connectivity index (χ4v) is 9.34.